The average Bonchev–Trinajstić information content (AvgIpc) is 3.16. The fourth-order valence-electron chi connectivity index (χ4n) is 2.86. The number of benzene rings is 1. The van der Waals surface area contributed by atoms with Gasteiger partial charge in [-0.3, -0.25) is 0 Å². The van der Waals surface area contributed by atoms with Gasteiger partial charge in [-0.1, -0.05) is 13.8 Å². The van der Waals surface area contributed by atoms with E-state index < -0.39 is 6.61 Å². The molecule has 25 heavy (non-hydrogen) atoms. The molecule has 1 aromatic carbocycles. The second-order valence-corrected chi connectivity index (χ2v) is 6.59. The summed E-state index contributed by atoms with van der Waals surface area (Å²) in [6.45, 7) is 3.03. The molecule has 0 aliphatic heterocycles. The number of halogens is 2. The normalized spacial score (nSPS) is 12.9. The van der Waals surface area contributed by atoms with Crippen LogP contribution in [0.3, 0.4) is 0 Å². The first-order valence-electron chi connectivity index (χ1n) is 8.31. The van der Waals surface area contributed by atoms with Crippen molar-refractivity contribution in [1.82, 2.24) is 15.0 Å². The Bertz CT molecular complexity index is 874. The van der Waals surface area contributed by atoms with E-state index in [0.29, 0.717) is 11.0 Å². The van der Waals surface area contributed by atoms with Gasteiger partial charge >= 0.3 is 6.61 Å². The topological polar surface area (TPSA) is 47.9 Å². The molecule has 3 aromatic rings. The Morgan fingerprint density at radius 3 is 2.68 bits per heavy atom. The fraction of sp³-hybridized carbons (Fsp3) is 0.389. The van der Waals surface area contributed by atoms with Gasteiger partial charge in [-0.25, -0.2) is 15.0 Å². The number of rotatable bonds is 3. The molecule has 1 aliphatic rings. The Kier molecular flexibility index (Phi) is 5.22. The number of alkyl halides is 2. The first kappa shape index (κ1) is 17.7. The Morgan fingerprint density at radius 1 is 1.16 bits per heavy atom. The van der Waals surface area contributed by atoms with Gasteiger partial charge in [0.15, 0.2) is 0 Å². The van der Waals surface area contributed by atoms with Crippen LogP contribution in [-0.2, 0) is 12.8 Å². The lowest BCUT2D eigenvalue weighted by molar-refractivity contribution is -0.0528. The second kappa shape index (κ2) is 7.39. The quantitative estimate of drug-likeness (QED) is 0.643. The molecule has 0 radical (unpaired) electrons. The lowest BCUT2D eigenvalue weighted by Crippen LogP contribution is -2.04. The van der Waals surface area contributed by atoms with Crippen molar-refractivity contribution < 1.29 is 13.5 Å². The number of nitrogens with zero attached hydrogens (tertiary/aromatic N) is 3. The molecule has 0 atom stereocenters. The predicted octanol–water partition coefficient (Wildman–Crippen LogP) is 5.18. The highest BCUT2D eigenvalue weighted by Gasteiger charge is 2.20. The van der Waals surface area contributed by atoms with Crippen molar-refractivity contribution in [2.24, 2.45) is 0 Å². The highest BCUT2D eigenvalue weighted by Crippen LogP contribution is 2.36. The van der Waals surface area contributed by atoms with E-state index in [4.69, 9.17) is 4.98 Å². The highest BCUT2D eigenvalue weighted by atomic mass is 32.1. The zero-order valence-corrected chi connectivity index (χ0v) is 15.2. The van der Waals surface area contributed by atoms with Crippen molar-refractivity contribution in [3.8, 4) is 16.5 Å². The van der Waals surface area contributed by atoms with Crippen molar-refractivity contribution in [3.05, 3.63) is 34.5 Å². The van der Waals surface area contributed by atoms with E-state index in [1.54, 1.807) is 11.3 Å². The van der Waals surface area contributed by atoms with E-state index in [1.165, 1.54) is 16.8 Å². The fourth-order valence-corrected chi connectivity index (χ4v) is 4.03. The molecule has 132 valence electrons. The van der Waals surface area contributed by atoms with Gasteiger partial charge in [-0.15, -0.1) is 11.3 Å². The molecule has 0 fully saturated rings. The van der Waals surface area contributed by atoms with E-state index in [1.807, 2.05) is 32.9 Å². The Labute approximate surface area is 148 Å². The zero-order valence-electron chi connectivity index (χ0n) is 14.3. The maximum Gasteiger partial charge on any atom is 0.388 e. The van der Waals surface area contributed by atoms with Crippen molar-refractivity contribution >= 4 is 22.4 Å². The maximum absolute atomic E-state index is 12.3. The van der Waals surface area contributed by atoms with Crippen LogP contribution >= 0.6 is 11.3 Å². The van der Waals surface area contributed by atoms with Gasteiger partial charge in [0.25, 0.3) is 0 Å². The van der Waals surface area contributed by atoms with Crippen LogP contribution < -0.4 is 4.74 Å². The summed E-state index contributed by atoms with van der Waals surface area (Å²) in [5, 5.41) is 0.917. The summed E-state index contributed by atoms with van der Waals surface area (Å²) in [5.74, 6) is -0.175. The molecule has 0 saturated heterocycles. The zero-order chi connectivity index (χ0) is 18.0. The minimum Gasteiger partial charge on any atom is -0.415 e. The number of aromatic nitrogens is 3. The highest BCUT2D eigenvalue weighted by molar-refractivity contribution is 7.15. The largest absolute Gasteiger partial charge is 0.415 e. The van der Waals surface area contributed by atoms with Crippen LogP contribution in [0.25, 0.3) is 21.6 Å². The molecule has 0 saturated carbocycles. The first-order chi connectivity index (χ1) is 12.1. The van der Waals surface area contributed by atoms with Crippen LogP contribution in [-0.4, -0.2) is 21.6 Å². The summed E-state index contributed by atoms with van der Waals surface area (Å²) in [7, 11) is 0. The van der Waals surface area contributed by atoms with E-state index in [0.717, 1.165) is 35.4 Å². The maximum atomic E-state index is 12.3. The van der Waals surface area contributed by atoms with Crippen molar-refractivity contribution in [1.29, 1.82) is 0 Å². The molecule has 2 heterocycles. The predicted molar refractivity (Wildman–Crippen MR) is 95.4 cm³/mol. The van der Waals surface area contributed by atoms with E-state index in [2.05, 4.69) is 14.7 Å². The van der Waals surface area contributed by atoms with Gasteiger partial charge in [0, 0.05) is 10.4 Å². The van der Waals surface area contributed by atoms with Gasteiger partial charge in [0.05, 0.1) is 22.9 Å². The van der Waals surface area contributed by atoms with Crippen molar-refractivity contribution in [3.63, 3.8) is 0 Å². The molecular formula is C18H19F2N3OS. The van der Waals surface area contributed by atoms with Gasteiger partial charge in [-0.05, 0) is 43.9 Å². The number of fused-ring (bicyclic) bond motifs is 2. The smallest absolute Gasteiger partial charge is 0.388 e. The summed E-state index contributed by atoms with van der Waals surface area (Å²) >= 11 is 1.68. The molecular weight excluding hydrogens is 344 g/mol. The molecule has 1 aliphatic carbocycles. The third-order valence-electron chi connectivity index (χ3n) is 3.80. The molecule has 0 unspecified atom stereocenters. The van der Waals surface area contributed by atoms with Crippen molar-refractivity contribution in [2.45, 2.75) is 46.6 Å². The van der Waals surface area contributed by atoms with Crippen LogP contribution in [0.4, 0.5) is 8.78 Å². The third kappa shape index (κ3) is 3.61. The van der Waals surface area contributed by atoms with E-state index in [-0.39, 0.29) is 5.88 Å². The number of hydrogen-bond donors (Lipinski definition) is 0. The summed E-state index contributed by atoms with van der Waals surface area (Å²) in [5.41, 5.74) is 4.24. The molecule has 7 heteroatoms. The number of hydrogen-bond acceptors (Lipinski definition) is 5. The van der Waals surface area contributed by atoms with Gasteiger partial charge < -0.3 is 4.74 Å². The van der Waals surface area contributed by atoms with E-state index >= 15 is 0 Å². The molecule has 4 rings (SSSR count). The minimum absolute atomic E-state index is 0.175. The number of thiazole rings is 1. The van der Waals surface area contributed by atoms with Crippen LogP contribution in [0.1, 0.15) is 36.4 Å². The number of aryl methyl sites for hydroxylation is 3. The standard InChI is InChI=1S/C16H13F2N3OS.C2H6/c1-8-5-9(15-21-10-3-2-4-12(10)23-15)14-11(6-8)20-13(7-19-14)22-16(17)18;1-2/h5-7,16H,2-4H2,1H3;1-2H3. The monoisotopic (exact) mass is 363 g/mol. The van der Waals surface area contributed by atoms with Crippen LogP contribution in [0.15, 0.2) is 18.3 Å². The average molecular weight is 363 g/mol. The minimum atomic E-state index is -2.91. The lowest BCUT2D eigenvalue weighted by atomic mass is 10.1. The third-order valence-corrected chi connectivity index (χ3v) is 5.00. The van der Waals surface area contributed by atoms with Crippen LogP contribution in [0.5, 0.6) is 5.88 Å². The Hall–Kier alpha value is -2.15. The first-order valence-corrected chi connectivity index (χ1v) is 9.13. The van der Waals surface area contributed by atoms with Gasteiger partial charge in [-0.2, -0.15) is 8.78 Å². The molecule has 2 aromatic heterocycles. The molecule has 4 nitrogen and oxygen atoms in total. The molecule has 0 spiro atoms. The Balaban J connectivity index is 0.000000880. The summed E-state index contributed by atoms with van der Waals surface area (Å²) in [6, 6.07) is 3.82. The van der Waals surface area contributed by atoms with Crippen LogP contribution in [0, 0.1) is 6.92 Å². The summed E-state index contributed by atoms with van der Waals surface area (Å²) in [6.07, 6.45) is 4.49. The SMILES string of the molecule is CC.Cc1cc(-c2nc3c(s2)CCC3)c2ncc(OC(F)F)nc2c1. The summed E-state index contributed by atoms with van der Waals surface area (Å²) in [4.78, 5) is 14.5. The van der Waals surface area contributed by atoms with Gasteiger partial charge in [0.2, 0.25) is 5.88 Å². The number of ether oxygens (including phenoxy) is 1. The molecule has 0 amide bonds. The second-order valence-electron chi connectivity index (χ2n) is 5.51. The lowest BCUT2D eigenvalue weighted by Gasteiger charge is -2.07. The van der Waals surface area contributed by atoms with Crippen LogP contribution in [0.2, 0.25) is 0 Å². The van der Waals surface area contributed by atoms with Crippen molar-refractivity contribution in [2.75, 3.05) is 0 Å². The van der Waals surface area contributed by atoms with Gasteiger partial charge in [0.1, 0.15) is 5.01 Å². The van der Waals surface area contributed by atoms with E-state index in [9.17, 15) is 8.78 Å². The molecule has 0 N–H and O–H groups in total. The molecule has 0 bridgehead atoms. The Morgan fingerprint density at radius 2 is 1.96 bits per heavy atom. The summed E-state index contributed by atoms with van der Waals surface area (Å²) < 4.78 is 29.0.